The first-order valence-electron chi connectivity index (χ1n) is 5.99. The van der Waals surface area contributed by atoms with Crippen molar-refractivity contribution in [2.75, 3.05) is 6.61 Å². The molecule has 1 aromatic carbocycles. The van der Waals surface area contributed by atoms with E-state index in [-0.39, 0.29) is 5.97 Å². The van der Waals surface area contributed by atoms with Crippen molar-refractivity contribution < 1.29 is 9.53 Å². The van der Waals surface area contributed by atoms with Crippen LogP contribution in [0.5, 0.6) is 0 Å². The highest BCUT2D eigenvalue weighted by molar-refractivity contribution is 7.13. The molecule has 1 aromatic heterocycles. The SMILES string of the molecule is CCOC(=O)Cc1ccc(-c2sccc2C)cc1. The van der Waals surface area contributed by atoms with Crippen molar-refractivity contribution in [3.05, 3.63) is 46.8 Å². The number of ether oxygens (including phenoxy) is 1. The fourth-order valence-corrected chi connectivity index (χ4v) is 2.76. The third-order valence-corrected chi connectivity index (χ3v) is 3.80. The van der Waals surface area contributed by atoms with Crippen LogP contribution in [-0.2, 0) is 16.0 Å². The van der Waals surface area contributed by atoms with Crippen LogP contribution in [0.15, 0.2) is 35.7 Å². The summed E-state index contributed by atoms with van der Waals surface area (Å²) < 4.78 is 4.93. The van der Waals surface area contributed by atoms with E-state index < -0.39 is 0 Å². The van der Waals surface area contributed by atoms with Gasteiger partial charge >= 0.3 is 5.97 Å². The maximum atomic E-state index is 11.4. The maximum absolute atomic E-state index is 11.4. The molecule has 0 bridgehead atoms. The van der Waals surface area contributed by atoms with Crippen molar-refractivity contribution in [3.8, 4) is 10.4 Å². The number of thiophene rings is 1. The largest absolute Gasteiger partial charge is 0.466 e. The average molecular weight is 260 g/mol. The highest BCUT2D eigenvalue weighted by atomic mass is 32.1. The van der Waals surface area contributed by atoms with Crippen molar-refractivity contribution in [1.82, 2.24) is 0 Å². The van der Waals surface area contributed by atoms with E-state index in [0.29, 0.717) is 13.0 Å². The predicted molar refractivity (Wildman–Crippen MR) is 74.8 cm³/mol. The molecule has 0 aliphatic heterocycles. The quantitative estimate of drug-likeness (QED) is 0.781. The number of carbonyl (C=O) groups is 1. The molecule has 1 heterocycles. The van der Waals surface area contributed by atoms with Crippen LogP contribution in [0, 0.1) is 6.92 Å². The molecule has 2 aromatic rings. The number of benzene rings is 1. The maximum Gasteiger partial charge on any atom is 0.310 e. The molecule has 0 spiro atoms. The summed E-state index contributed by atoms with van der Waals surface area (Å²) in [6.07, 6.45) is 0.345. The Morgan fingerprint density at radius 1 is 1.22 bits per heavy atom. The minimum absolute atomic E-state index is 0.169. The number of aryl methyl sites for hydroxylation is 1. The van der Waals surface area contributed by atoms with Gasteiger partial charge in [0, 0.05) is 4.88 Å². The molecule has 0 aliphatic carbocycles. The van der Waals surface area contributed by atoms with Crippen molar-refractivity contribution in [1.29, 1.82) is 0 Å². The number of hydrogen-bond acceptors (Lipinski definition) is 3. The topological polar surface area (TPSA) is 26.3 Å². The first-order valence-corrected chi connectivity index (χ1v) is 6.87. The van der Waals surface area contributed by atoms with Crippen LogP contribution in [0.1, 0.15) is 18.1 Å². The monoisotopic (exact) mass is 260 g/mol. The zero-order chi connectivity index (χ0) is 13.0. The lowest BCUT2D eigenvalue weighted by molar-refractivity contribution is -0.142. The van der Waals surface area contributed by atoms with Crippen molar-refractivity contribution in [2.24, 2.45) is 0 Å². The molecule has 0 aliphatic rings. The van der Waals surface area contributed by atoms with E-state index in [0.717, 1.165) is 5.56 Å². The van der Waals surface area contributed by atoms with Crippen LogP contribution in [0.3, 0.4) is 0 Å². The minimum atomic E-state index is -0.169. The Balaban J connectivity index is 2.11. The van der Waals surface area contributed by atoms with Crippen molar-refractivity contribution in [3.63, 3.8) is 0 Å². The Kier molecular flexibility index (Phi) is 4.15. The van der Waals surface area contributed by atoms with Gasteiger partial charge in [-0.15, -0.1) is 11.3 Å². The molecule has 0 radical (unpaired) electrons. The first kappa shape index (κ1) is 12.8. The van der Waals surface area contributed by atoms with E-state index >= 15 is 0 Å². The van der Waals surface area contributed by atoms with Gasteiger partial charge in [0.2, 0.25) is 0 Å². The summed E-state index contributed by atoms with van der Waals surface area (Å²) in [7, 11) is 0. The van der Waals surface area contributed by atoms with Gasteiger partial charge < -0.3 is 4.74 Å². The molecule has 0 atom stereocenters. The molecule has 3 heteroatoms. The van der Waals surface area contributed by atoms with Gasteiger partial charge in [-0.1, -0.05) is 24.3 Å². The van der Waals surface area contributed by atoms with Gasteiger partial charge in [-0.3, -0.25) is 4.79 Å². The number of carbonyl (C=O) groups excluding carboxylic acids is 1. The van der Waals surface area contributed by atoms with Crippen LogP contribution >= 0.6 is 11.3 Å². The zero-order valence-corrected chi connectivity index (χ0v) is 11.4. The lowest BCUT2D eigenvalue weighted by Gasteiger charge is -2.04. The molecule has 94 valence electrons. The van der Waals surface area contributed by atoms with Gasteiger partial charge in [-0.2, -0.15) is 0 Å². The highest BCUT2D eigenvalue weighted by Gasteiger charge is 2.06. The van der Waals surface area contributed by atoms with Crippen LogP contribution < -0.4 is 0 Å². The fourth-order valence-electron chi connectivity index (χ4n) is 1.82. The van der Waals surface area contributed by atoms with Crippen LogP contribution in [0.25, 0.3) is 10.4 Å². The van der Waals surface area contributed by atoms with Gasteiger partial charge in [0.25, 0.3) is 0 Å². The van der Waals surface area contributed by atoms with Crippen LogP contribution in [-0.4, -0.2) is 12.6 Å². The Morgan fingerprint density at radius 3 is 2.50 bits per heavy atom. The van der Waals surface area contributed by atoms with Gasteiger partial charge in [-0.05, 0) is 42.0 Å². The summed E-state index contributed by atoms with van der Waals surface area (Å²) in [6.45, 7) is 4.37. The Bertz CT molecular complexity index is 526. The molecule has 2 rings (SSSR count). The Labute approximate surface area is 111 Å². The average Bonchev–Trinajstić information content (AvgIpc) is 2.77. The number of esters is 1. The molecular formula is C15H16O2S. The third kappa shape index (κ3) is 2.99. The normalized spacial score (nSPS) is 10.3. The van der Waals surface area contributed by atoms with Crippen molar-refractivity contribution >= 4 is 17.3 Å². The van der Waals surface area contributed by atoms with E-state index in [1.54, 1.807) is 11.3 Å². The van der Waals surface area contributed by atoms with E-state index in [1.165, 1.54) is 16.0 Å². The molecule has 18 heavy (non-hydrogen) atoms. The summed E-state index contributed by atoms with van der Waals surface area (Å²) in [5.41, 5.74) is 3.49. The lowest BCUT2D eigenvalue weighted by atomic mass is 10.1. The van der Waals surface area contributed by atoms with Crippen molar-refractivity contribution in [2.45, 2.75) is 20.3 Å². The molecular weight excluding hydrogens is 244 g/mol. The molecule has 0 amide bonds. The molecule has 0 saturated carbocycles. The van der Waals surface area contributed by atoms with E-state index in [9.17, 15) is 4.79 Å². The van der Waals surface area contributed by atoms with Gasteiger partial charge in [0.05, 0.1) is 13.0 Å². The smallest absolute Gasteiger partial charge is 0.310 e. The van der Waals surface area contributed by atoms with Crippen LogP contribution in [0.4, 0.5) is 0 Å². The predicted octanol–water partition coefficient (Wildman–Crippen LogP) is 3.83. The minimum Gasteiger partial charge on any atom is -0.466 e. The standard InChI is InChI=1S/C15H16O2S/c1-3-17-14(16)10-12-4-6-13(7-5-12)15-11(2)8-9-18-15/h4-9H,3,10H2,1-2H3. The summed E-state index contributed by atoms with van der Waals surface area (Å²) in [6, 6.07) is 10.2. The molecule has 0 N–H and O–H groups in total. The van der Waals surface area contributed by atoms with E-state index in [2.05, 4.69) is 30.5 Å². The summed E-state index contributed by atoms with van der Waals surface area (Å²) >= 11 is 1.74. The number of hydrogen-bond donors (Lipinski definition) is 0. The fraction of sp³-hybridized carbons (Fsp3) is 0.267. The Morgan fingerprint density at radius 2 is 1.94 bits per heavy atom. The second-order valence-electron chi connectivity index (χ2n) is 4.11. The highest BCUT2D eigenvalue weighted by Crippen LogP contribution is 2.29. The second kappa shape index (κ2) is 5.83. The molecule has 0 fully saturated rings. The van der Waals surface area contributed by atoms with Gasteiger partial charge in [0.1, 0.15) is 0 Å². The molecule has 0 unspecified atom stereocenters. The summed E-state index contributed by atoms with van der Waals surface area (Å²) in [4.78, 5) is 12.6. The second-order valence-corrected chi connectivity index (χ2v) is 5.03. The van der Waals surface area contributed by atoms with Gasteiger partial charge in [-0.25, -0.2) is 0 Å². The molecule has 0 saturated heterocycles. The van der Waals surface area contributed by atoms with Gasteiger partial charge in [0.15, 0.2) is 0 Å². The number of rotatable bonds is 4. The lowest BCUT2D eigenvalue weighted by Crippen LogP contribution is -2.07. The summed E-state index contributed by atoms with van der Waals surface area (Å²) in [5.74, 6) is -0.169. The van der Waals surface area contributed by atoms with Crippen LogP contribution in [0.2, 0.25) is 0 Å². The van der Waals surface area contributed by atoms with E-state index in [4.69, 9.17) is 4.74 Å². The van der Waals surface area contributed by atoms with E-state index in [1.807, 2.05) is 19.1 Å². The Hall–Kier alpha value is -1.61. The summed E-state index contributed by atoms with van der Waals surface area (Å²) in [5, 5.41) is 2.09. The zero-order valence-electron chi connectivity index (χ0n) is 10.6. The molecule has 2 nitrogen and oxygen atoms in total. The third-order valence-electron chi connectivity index (χ3n) is 2.73. The first-order chi connectivity index (χ1) is 8.70.